The molecule has 0 aliphatic heterocycles. The second-order valence-electron chi connectivity index (χ2n) is 8.17. The molecule has 1 heterocycles. The molecular formula is C27H27BrN4O2. The Morgan fingerprint density at radius 3 is 2.53 bits per heavy atom. The highest BCUT2D eigenvalue weighted by Gasteiger charge is 2.26. The fourth-order valence-electron chi connectivity index (χ4n) is 4.01. The summed E-state index contributed by atoms with van der Waals surface area (Å²) in [6.45, 7) is 4.85. The average molecular weight is 519 g/mol. The lowest BCUT2D eigenvalue weighted by Gasteiger charge is -2.31. The van der Waals surface area contributed by atoms with Crippen molar-refractivity contribution < 1.29 is 4.79 Å². The van der Waals surface area contributed by atoms with Crippen molar-refractivity contribution in [2.75, 3.05) is 5.32 Å². The number of rotatable bonds is 7. The Bertz CT molecular complexity index is 1350. The molecule has 1 atom stereocenters. The molecule has 0 aliphatic rings. The van der Waals surface area contributed by atoms with E-state index in [4.69, 9.17) is 4.98 Å². The van der Waals surface area contributed by atoms with Crippen LogP contribution in [0.15, 0.2) is 88.1 Å². The van der Waals surface area contributed by atoms with Crippen LogP contribution in [0.1, 0.15) is 37.7 Å². The molecule has 0 saturated heterocycles. The number of nitrogens with one attached hydrogen (secondary N) is 1. The van der Waals surface area contributed by atoms with Gasteiger partial charge in [-0.2, -0.15) is 0 Å². The molecule has 1 aromatic heterocycles. The topological polar surface area (TPSA) is 67.2 Å². The number of fused-ring (bicyclic) bond motifs is 1. The first-order valence-electron chi connectivity index (χ1n) is 11.3. The number of hydrogen-bond donors (Lipinski definition) is 1. The van der Waals surface area contributed by atoms with Gasteiger partial charge in [0.1, 0.15) is 5.82 Å². The van der Waals surface area contributed by atoms with Gasteiger partial charge in [-0.05, 0) is 49.2 Å². The van der Waals surface area contributed by atoms with Crippen LogP contribution < -0.4 is 10.9 Å². The van der Waals surface area contributed by atoms with Gasteiger partial charge in [0, 0.05) is 23.2 Å². The SMILES string of the molecule is CCCn1c(C(C)N(Cc2ccccc2)C(=O)Nc2cccc(Br)c2)nc2ccccc2c1=O. The Kier molecular flexibility index (Phi) is 7.43. The van der Waals surface area contributed by atoms with Crippen molar-refractivity contribution in [2.24, 2.45) is 0 Å². The number of nitrogens with zero attached hydrogens (tertiary/aromatic N) is 3. The Balaban J connectivity index is 1.77. The number of aromatic nitrogens is 2. The van der Waals surface area contributed by atoms with Crippen molar-refractivity contribution in [2.45, 2.75) is 39.4 Å². The van der Waals surface area contributed by atoms with E-state index in [1.165, 1.54) is 0 Å². The van der Waals surface area contributed by atoms with E-state index < -0.39 is 6.04 Å². The van der Waals surface area contributed by atoms with Crippen molar-refractivity contribution in [3.05, 3.63) is 105 Å². The van der Waals surface area contributed by atoms with Gasteiger partial charge in [0.2, 0.25) is 0 Å². The van der Waals surface area contributed by atoms with Crippen LogP contribution in [0, 0.1) is 0 Å². The van der Waals surface area contributed by atoms with E-state index in [-0.39, 0.29) is 11.6 Å². The Morgan fingerprint density at radius 2 is 1.79 bits per heavy atom. The lowest BCUT2D eigenvalue weighted by Crippen LogP contribution is -2.39. The minimum atomic E-state index is -0.448. The van der Waals surface area contributed by atoms with Gasteiger partial charge in [-0.25, -0.2) is 9.78 Å². The minimum absolute atomic E-state index is 0.0821. The first kappa shape index (κ1) is 23.7. The molecule has 4 aromatic rings. The number of carbonyl (C=O) groups excluding carboxylic acids is 1. The maximum absolute atomic E-state index is 13.5. The van der Waals surface area contributed by atoms with Gasteiger partial charge in [-0.3, -0.25) is 9.36 Å². The van der Waals surface area contributed by atoms with E-state index in [0.29, 0.717) is 35.5 Å². The van der Waals surface area contributed by atoms with Gasteiger partial charge in [0.25, 0.3) is 5.56 Å². The van der Waals surface area contributed by atoms with E-state index in [0.717, 1.165) is 16.5 Å². The predicted molar refractivity (Wildman–Crippen MR) is 140 cm³/mol. The smallest absolute Gasteiger partial charge is 0.310 e. The molecule has 1 unspecified atom stereocenters. The molecule has 1 N–H and O–H groups in total. The third kappa shape index (κ3) is 5.20. The number of benzene rings is 3. The van der Waals surface area contributed by atoms with Crippen LogP contribution in [-0.2, 0) is 13.1 Å². The summed E-state index contributed by atoms with van der Waals surface area (Å²) in [7, 11) is 0. The van der Waals surface area contributed by atoms with Crippen molar-refractivity contribution in [3.63, 3.8) is 0 Å². The summed E-state index contributed by atoms with van der Waals surface area (Å²) in [6, 6.07) is 23.9. The van der Waals surface area contributed by atoms with Crippen LogP contribution in [0.5, 0.6) is 0 Å². The largest absolute Gasteiger partial charge is 0.322 e. The quantitative estimate of drug-likeness (QED) is 0.309. The first-order chi connectivity index (χ1) is 16.5. The number of para-hydroxylation sites is 1. The van der Waals surface area contributed by atoms with Gasteiger partial charge in [-0.15, -0.1) is 0 Å². The summed E-state index contributed by atoms with van der Waals surface area (Å²) in [4.78, 5) is 33.4. The second-order valence-corrected chi connectivity index (χ2v) is 9.09. The molecule has 0 saturated carbocycles. The molecule has 0 radical (unpaired) electrons. The van der Waals surface area contributed by atoms with Crippen LogP contribution in [0.3, 0.4) is 0 Å². The summed E-state index contributed by atoms with van der Waals surface area (Å²) in [5.74, 6) is 0.575. The van der Waals surface area contributed by atoms with Crippen molar-refractivity contribution in [1.82, 2.24) is 14.5 Å². The van der Waals surface area contributed by atoms with E-state index in [1.54, 1.807) is 15.5 Å². The molecule has 2 amide bonds. The number of anilines is 1. The number of urea groups is 1. The lowest BCUT2D eigenvalue weighted by atomic mass is 10.1. The highest BCUT2D eigenvalue weighted by molar-refractivity contribution is 9.10. The summed E-state index contributed by atoms with van der Waals surface area (Å²) >= 11 is 3.45. The highest BCUT2D eigenvalue weighted by Crippen LogP contribution is 2.24. The molecule has 0 fully saturated rings. The molecule has 6 nitrogen and oxygen atoms in total. The second kappa shape index (κ2) is 10.7. The highest BCUT2D eigenvalue weighted by atomic mass is 79.9. The lowest BCUT2D eigenvalue weighted by molar-refractivity contribution is 0.184. The number of halogens is 1. The van der Waals surface area contributed by atoms with Crippen molar-refractivity contribution >= 4 is 38.6 Å². The van der Waals surface area contributed by atoms with Crippen molar-refractivity contribution in [1.29, 1.82) is 0 Å². The zero-order valence-corrected chi connectivity index (χ0v) is 20.8. The monoisotopic (exact) mass is 518 g/mol. The molecule has 4 rings (SSSR count). The van der Waals surface area contributed by atoms with Gasteiger partial charge < -0.3 is 10.2 Å². The molecule has 0 aliphatic carbocycles. The Morgan fingerprint density at radius 1 is 1.06 bits per heavy atom. The molecule has 7 heteroatoms. The Hall–Kier alpha value is -3.45. The molecule has 0 bridgehead atoms. The number of hydrogen-bond acceptors (Lipinski definition) is 3. The molecule has 174 valence electrons. The standard InChI is InChI=1S/C27H27BrN4O2/c1-3-16-31-25(30-24-15-8-7-14-23(24)26(31)33)19(2)32(18-20-10-5-4-6-11-20)27(34)29-22-13-9-12-21(28)17-22/h4-15,17,19H,3,16,18H2,1-2H3,(H,29,34). The van der Waals surface area contributed by atoms with E-state index in [9.17, 15) is 9.59 Å². The average Bonchev–Trinajstić information content (AvgIpc) is 2.84. The maximum atomic E-state index is 13.5. The fraction of sp³-hybridized carbons (Fsp3) is 0.222. The first-order valence-corrected chi connectivity index (χ1v) is 12.1. The van der Waals surface area contributed by atoms with Crippen LogP contribution >= 0.6 is 15.9 Å². The van der Waals surface area contributed by atoms with Crippen molar-refractivity contribution in [3.8, 4) is 0 Å². The van der Waals surface area contributed by atoms with Gasteiger partial charge in [0.05, 0.1) is 16.9 Å². The summed E-state index contributed by atoms with van der Waals surface area (Å²) in [5, 5.41) is 3.58. The van der Waals surface area contributed by atoms with Crippen LogP contribution in [-0.4, -0.2) is 20.5 Å². The van der Waals surface area contributed by atoms with Crippen LogP contribution in [0.2, 0.25) is 0 Å². The molecule has 3 aromatic carbocycles. The third-order valence-electron chi connectivity index (χ3n) is 5.71. The normalized spacial score (nSPS) is 11.9. The Labute approximate surface area is 207 Å². The third-order valence-corrected chi connectivity index (χ3v) is 6.21. The fourth-order valence-corrected chi connectivity index (χ4v) is 4.41. The van der Waals surface area contributed by atoms with E-state index in [2.05, 4.69) is 21.2 Å². The number of amides is 2. The van der Waals surface area contributed by atoms with Gasteiger partial charge >= 0.3 is 6.03 Å². The van der Waals surface area contributed by atoms with Crippen LogP contribution in [0.25, 0.3) is 10.9 Å². The molecule has 34 heavy (non-hydrogen) atoms. The summed E-state index contributed by atoms with van der Waals surface area (Å²) in [5.41, 5.74) is 2.22. The molecule has 0 spiro atoms. The van der Waals surface area contributed by atoms with E-state index in [1.807, 2.05) is 86.6 Å². The number of carbonyl (C=O) groups is 1. The predicted octanol–water partition coefficient (Wildman–Crippen LogP) is 6.36. The zero-order chi connectivity index (χ0) is 24.1. The molecular weight excluding hydrogens is 492 g/mol. The van der Waals surface area contributed by atoms with Crippen LogP contribution in [0.4, 0.5) is 10.5 Å². The van der Waals surface area contributed by atoms with E-state index >= 15 is 0 Å². The summed E-state index contributed by atoms with van der Waals surface area (Å²) < 4.78 is 2.58. The summed E-state index contributed by atoms with van der Waals surface area (Å²) in [6.07, 6.45) is 0.780. The maximum Gasteiger partial charge on any atom is 0.322 e. The zero-order valence-electron chi connectivity index (χ0n) is 19.2. The van der Waals surface area contributed by atoms with Gasteiger partial charge in [0.15, 0.2) is 0 Å². The minimum Gasteiger partial charge on any atom is -0.310 e. The van der Waals surface area contributed by atoms with Gasteiger partial charge in [-0.1, -0.05) is 71.4 Å².